The van der Waals surface area contributed by atoms with Crippen molar-refractivity contribution in [2.24, 2.45) is 5.92 Å². The van der Waals surface area contributed by atoms with Gasteiger partial charge in [-0.1, -0.05) is 0 Å². The van der Waals surface area contributed by atoms with E-state index >= 15 is 0 Å². The lowest BCUT2D eigenvalue weighted by atomic mass is 10.0. The van der Waals surface area contributed by atoms with Gasteiger partial charge in [-0.15, -0.1) is 0 Å². The fourth-order valence-corrected chi connectivity index (χ4v) is 2.34. The monoisotopic (exact) mass is 242 g/mol. The van der Waals surface area contributed by atoms with Crippen molar-refractivity contribution in [2.75, 3.05) is 32.9 Å². The summed E-state index contributed by atoms with van der Waals surface area (Å²) in [5, 5.41) is 6.26. The maximum Gasteiger partial charge on any atom is 0.221 e. The number of amides is 1. The smallest absolute Gasteiger partial charge is 0.221 e. The summed E-state index contributed by atoms with van der Waals surface area (Å²) in [6, 6.07) is 0.168. The van der Waals surface area contributed by atoms with Crippen molar-refractivity contribution in [3.8, 4) is 0 Å². The van der Waals surface area contributed by atoms with Crippen molar-refractivity contribution in [3.63, 3.8) is 0 Å². The molecule has 2 fully saturated rings. The van der Waals surface area contributed by atoms with Crippen LogP contribution in [0.2, 0.25) is 0 Å². The average Bonchev–Trinajstić information content (AvgIpc) is 2.74. The first-order valence-electron chi connectivity index (χ1n) is 6.45. The van der Waals surface area contributed by atoms with Crippen molar-refractivity contribution in [3.05, 3.63) is 0 Å². The third-order valence-electron chi connectivity index (χ3n) is 3.52. The quantitative estimate of drug-likeness (QED) is 0.723. The van der Waals surface area contributed by atoms with Gasteiger partial charge in [0, 0.05) is 38.1 Å². The van der Waals surface area contributed by atoms with Gasteiger partial charge in [0.1, 0.15) is 0 Å². The Morgan fingerprint density at radius 3 is 3.00 bits per heavy atom. The molecule has 5 heteroatoms. The highest BCUT2D eigenvalue weighted by molar-refractivity contribution is 5.76. The number of hydrogen-bond acceptors (Lipinski definition) is 4. The lowest BCUT2D eigenvalue weighted by molar-refractivity contribution is -0.122. The van der Waals surface area contributed by atoms with Gasteiger partial charge in [0.25, 0.3) is 0 Å². The first-order valence-corrected chi connectivity index (χ1v) is 6.45. The van der Waals surface area contributed by atoms with Crippen molar-refractivity contribution >= 4 is 5.91 Å². The SMILES string of the molecule is CC1OCCC1CNC(=O)CC1COCCN1. The van der Waals surface area contributed by atoms with E-state index in [2.05, 4.69) is 17.6 Å². The summed E-state index contributed by atoms with van der Waals surface area (Å²) >= 11 is 0. The number of carbonyl (C=O) groups is 1. The molecule has 0 aromatic heterocycles. The molecular formula is C12H22N2O3. The Kier molecular flexibility index (Phi) is 4.76. The molecule has 0 saturated carbocycles. The largest absolute Gasteiger partial charge is 0.378 e. The molecule has 0 radical (unpaired) electrons. The standard InChI is InChI=1S/C12H22N2O3/c1-9-10(2-4-17-9)7-14-12(15)6-11-8-16-5-3-13-11/h9-11,13H,2-8H2,1H3,(H,14,15). The Balaban J connectivity index is 1.63. The Labute approximate surface area is 102 Å². The number of carbonyl (C=O) groups excluding carboxylic acids is 1. The first-order chi connectivity index (χ1) is 8.25. The summed E-state index contributed by atoms with van der Waals surface area (Å²) < 4.78 is 10.8. The topological polar surface area (TPSA) is 59.6 Å². The van der Waals surface area contributed by atoms with E-state index in [1.54, 1.807) is 0 Å². The van der Waals surface area contributed by atoms with Crippen LogP contribution in [0.3, 0.4) is 0 Å². The normalized spacial score (nSPS) is 33.6. The third-order valence-corrected chi connectivity index (χ3v) is 3.52. The van der Waals surface area contributed by atoms with Crippen molar-refractivity contribution in [1.29, 1.82) is 0 Å². The summed E-state index contributed by atoms with van der Waals surface area (Å²) in [5.41, 5.74) is 0. The molecule has 3 unspecified atom stereocenters. The molecule has 0 aromatic carbocycles. The third kappa shape index (κ3) is 3.94. The average molecular weight is 242 g/mol. The van der Waals surface area contributed by atoms with Crippen LogP contribution in [-0.2, 0) is 14.3 Å². The molecule has 17 heavy (non-hydrogen) atoms. The van der Waals surface area contributed by atoms with Crippen LogP contribution in [-0.4, -0.2) is 51.0 Å². The minimum atomic E-state index is 0.104. The zero-order chi connectivity index (χ0) is 12.1. The highest BCUT2D eigenvalue weighted by Crippen LogP contribution is 2.19. The lowest BCUT2D eigenvalue weighted by Gasteiger charge is -2.23. The molecule has 2 saturated heterocycles. The molecule has 2 aliphatic heterocycles. The molecule has 0 aromatic rings. The van der Waals surface area contributed by atoms with Gasteiger partial charge in [0.2, 0.25) is 5.91 Å². The lowest BCUT2D eigenvalue weighted by Crippen LogP contribution is -2.44. The van der Waals surface area contributed by atoms with Crippen molar-refractivity contribution < 1.29 is 14.3 Å². The number of rotatable bonds is 4. The van der Waals surface area contributed by atoms with Crippen molar-refractivity contribution in [2.45, 2.75) is 31.9 Å². The Hall–Kier alpha value is -0.650. The number of ether oxygens (including phenoxy) is 2. The van der Waals surface area contributed by atoms with E-state index in [0.29, 0.717) is 18.9 Å². The van der Waals surface area contributed by atoms with Crippen molar-refractivity contribution in [1.82, 2.24) is 10.6 Å². The van der Waals surface area contributed by atoms with Crippen LogP contribution in [0.25, 0.3) is 0 Å². The maximum absolute atomic E-state index is 11.7. The van der Waals surface area contributed by atoms with Gasteiger partial charge in [-0.25, -0.2) is 0 Å². The summed E-state index contributed by atoms with van der Waals surface area (Å²) in [6.45, 7) is 5.84. The molecule has 0 spiro atoms. The molecular weight excluding hydrogens is 220 g/mol. The summed E-state index contributed by atoms with van der Waals surface area (Å²) in [5.74, 6) is 0.571. The van der Waals surface area contributed by atoms with Gasteiger partial charge in [-0.2, -0.15) is 0 Å². The number of morpholine rings is 1. The number of hydrogen-bond donors (Lipinski definition) is 2. The molecule has 5 nitrogen and oxygen atoms in total. The Bertz CT molecular complexity index is 254. The van der Waals surface area contributed by atoms with E-state index in [1.165, 1.54) is 0 Å². The fourth-order valence-electron chi connectivity index (χ4n) is 2.34. The second kappa shape index (κ2) is 6.33. The summed E-state index contributed by atoms with van der Waals surface area (Å²) in [4.78, 5) is 11.7. The second-order valence-electron chi connectivity index (χ2n) is 4.86. The fraction of sp³-hybridized carbons (Fsp3) is 0.917. The van der Waals surface area contributed by atoms with Crippen LogP contribution in [0.4, 0.5) is 0 Å². The van der Waals surface area contributed by atoms with Crippen LogP contribution in [0.15, 0.2) is 0 Å². The number of nitrogens with one attached hydrogen (secondary N) is 2. The molecule has 98 valence electrons. The van der Waals surface area contributed by atoms with Gasteiger partial charge < -0.3 is 20.1 Å². The van der Waals surface area contributed by atoms with Gasteiger partial charge in [0.15, 0.2) is 0 Å². The molecule has 0 aliphatic carbocycles. The minimum Gasteiger partial charge on any atom is -0.378 e. The van der Waals surface area contributed by atoms with Crippen LogP contribution < -0.4 is 10.6 Å². The Morgan fingerprint density at radius 2 is 2.35 bits per heavy atom. The van der Waals surface area contributed by atoms with E-state index in [1.807, 2.05) is 0 Å². The predicted octanol–water partition coefficient (Wildman–Crippen LogP) is -0.0939. The van der Waals surface area contributed by atoms with Crippen LogP contribution in [0.5, 0.6) is 0 Å². The zero-order valence-corrected chi connectivity index (χ0v) is 10.4. The van der Waals surface area contributed by atoms with Crippen LogP contribution >= 0.6 is 0 Å². The molecule has 3 atom stereocenters. The summed E-state index contributed by atoms with van der Waals surface area (Å²) in [6.07, 6.45) is 1.82. The molecule has 0 bridgehead atoms. The molecule has 2 heterocycles. The highest BCUT2D eigenvalue weighted by atomic mass is 16.5. The second-order valence-corrected chi connectivity index (χ2v) is 4.86. The molecule has 2 N–H and O–H groups in total. The minimum absolute atomic E-state index is 0.104. The van der Waals surface area contributed by atoms with Gasteiger partial charge >= 0.3 is 0 Å². The highest BCUT2D eigenvalue weighted by Gasteiger charge is 2.25. The van der Waals surface area contributed by atoms with E-state index in [0.717, 1.165) is 32.7 Å². The van der Waals surface area contributed by atoms with E-state index in [9.17, 15) is 4.79 Å². The molecule has 1 amide bonds. The van der Waals surface area contributed by atoms with E-state index < -0.39 is 0 Å². The van der Waals surface area contributed by atoms with Gasteiger partial charge in [0.05, 0.1) is 19.3 Å². The van der Waals surface area contributed by atoms with E-state index in [4.69, 9.17) is 9.47 Å². The molecule has 2 aliphatic rings. The van der Waals surface area contributed by atoms with Crippen LogP contribution in [0, 0.1) is 5.92 Å². The predicted molar refractivity (Wildman–Crippen MR) is 63.8 cm³/mol. The van der Waals surface area contributed by atoms with Gasteiger partial charge in [-0.05, 0) is 13.3 Å². The molecule has 2 rings (SSSR count). The summed E-state index contributed by atoms with van der Waals surface area (Å²) in [7, 11) is 0. The Morgan fingerprint density at radius 1 is 1.47 bits per heavy atom. The van der Waals surface area contributed by atoms with E-state index in [-0.39, 0.29) is 18.1 Å². The van der Waals surface area contributed by atoms with Gasteiger partial charge in [-0.3, -0.25) is 4.79 Å². The zero-order valence-electron chi connectivity index (χ0n) is 10.4. The maximum atomic E-state index is 11.7. The van der Waals surface area contributed by atoms with Crippen LogP contribution in [0.1, 0.15) is 19.8 Å². The first kappa shape index (κ1) is 12.8.